The SMILES string of the molecule is c1ccc(N(c2ccccc2)c2ccc(-c3cc4occc4c4c3ccc3c5ccccc5oc34)cc2)cc1. The summed E-state index contributed by atoms with van der Waals surface area (Å²) >= 11 is 0. The zero-order chi connectivity index (χ0) is 25.8. The van der Waals surface area contributed by atoms with Crippen LogP contribution in [0.25, 0.3) is 54.8 Å². The standard InChI is InChI=1S/C36H23NO2/c1-3-9-25(10-4-1)37(26-11-5-2-6-12-26)27-17-15-24(16-18-27)32-23-34-31(21-22-38-34)35-29(32)19-20-30-28-13-7-8-14-33(28)39-36(30)35/h1-23H. The second kappa shape index (κ2) is 8.64. The van der Waals surface area contributed by atoms with Gasteiger partial charge in [-0.25, -0.2) is 0 Å². The molecule has 0 unspecified atom stereocenters. The van der Waals surface area contributed by atoms with Gasteiger partial charge in [-0.05, 0) is 77.2 Å². The van der Waals surface area contributed by atoms with Gasteiger partial charge in [0.2, 0.25) is 0 Å². The van der Waals surface area contributed by atoms with Crippen LogP contribution in [0.2, 0.25) is 0 Å². The van der Waals surface area contributed by atoms with Crippen molar-refractivity contribution in [1.82, 2.24) is 0 Å². The molecule has 0 N–H and O–H groups in total. The van der Waals surface area contributed by atoms with Crippen LogP contribution >= 0.6 is 0 Å². The summed E-state index contributed by atoms with van der Waals surface area (Å²) in [6.07, 6.45) is 1.76. The molecule has 0 amide bonds. The third-order valence-corrected chi connectivity index (χ3v) is 7.54. The first-order valence-electron chi connectivity index (χ1n) is 13.1. The summed E-state index contributed by atoms with van der Waals surface area (Å²) in [6.45, 7) is 0. The predicted molar refractivity (Wildman–Crippen MR) is 161 cm³/mol. The van der Waals surface area contributed by atoms with Crippen molar-refractivity contribution in [1.29, 1.82) is 0 Å². The van der Waals surface area contributed by atoms with Crippen molar-refractivity contribution in [2.24, 2.45) is 0 Å². The van der Waals surface area contributed by atoms with E-state index in [4.69, 9.17) is 8.83 Å². The Hall–Kier alpha value is -5.28. The highest BCUT2D eigenvalue weighted by molar-refractivity contribution is 6.25. The van der Waals surface area contributed by atoms with E-state index >= 15 is 0 Å². The molecule has 0 saturated heterocycles. The third kappa shape index (κ3) is 3.44. The first-order chi connectivity index (χ1) is 19.3. The lowest BCUT2D eigenvalue weighted by Gasteiger charge is -2.25. The van der Waals surface area contributed by atoms with Gasteiger partial charge in [0.05, 0.1) is 6.26 Å². The van der Waals surface area contributed by atoms with Gasteiger partial charge in [0.25, 0.3) is 0 Å². The molecule has 0 spiro atoms. The largest absolute Gasteiger partial charge is 0.464 e. The van der Waals surface area contributed by atoms with Crippen LogP contribution in [0.5, 0.6) is 0 Å². The van der Waals surface area contributed by atoms with Gasteiger partial charge >= 0.3 is 0 Å². The third-order valence-electron chi connectivity index (χ3n) is 7.54. The predicted octanol–water partition coefficient (Wildman–Crippen LogP) is 10.6. The van der Waals surface area contributed by atoms with Crippen LogP contribution < -0.4 is 4.90 Å². The highest BCUT2D eigenvalue weighted by atomic mass is 16.3. The molecule has 0 bridgehead atoms. The monoisotopic (exact) mass is 501 g/mol. The number of rotatable bonds is 4. The van der Waals surface area contributed by atoms with E-state index in [0.717, 1.165) is 71.9 Å². The zero-order valence-electron chi connectivity index (χ0n) is 21.0. The van der Waals surface area contributed by atoms with E-state index in [9.17, 15) is 0 Å². The summed E-state index contributed by atoms with van der Waals surface area (Å²) < 4.78 is 12.4. The molecule has 0 saturated carbocycles. The molecule has 8 aromatic rings. The molecule has 0 aliphatic rings. The minimum absolute atomic E-state index is 0.852. The number of benzene rings is 6. The Labute approximate surface area is 225 Å². The van der Waals surface area contributed by atoms with Crippen molar-refractivity contribution in [2.45, 2.75) is 0 Å². The molecule has 0 aliphatic heterocycles. The quantitative estimate of drug-likeness (QED) is 0.240. The Morgan fingerprint density at radius 3 is 1.85 bits per heavy atom. The second-order valence-corrected chi connectivity index (χ2v) is 9.77. The van der Waals surface area contributed by atoms with Gasteiger partial charge in [-0.15, -0.1) is 0 Å². The molecule has 0 radical (unpaired) electrons. The van der Waals surface area contributed by atoms with Crippen molar-refractivity contribution in [3.8, 4) is 11.1 Å². The highest BCUT2D eigenvalue weighted by Crippen LogP contribution is 2.43. The minimum atomic E-state index is 0.852. The summed E-state index contributed by atoms with van der Waals surface area (Å²) in [5.74, 6) is 0. The zero-order valence-corrected chi connectivity index (χ0v) is 21.0. The van der Waals surface area contributed by atoms with Crippen LogP contribution in [0.1, 0.15) is 0 Å². The maximum Gasteiger partial charge on any atom is 0.144 e. The van der Waals surface area contributed by atoms with E-state index in [-0.39, 0.29) is 0 Å². The minimum Gasteiger partial charge on any atom is -0.464 e. The van der Waals surface area contributed by atoms with Gasteiger partial charge in [-0.1, -0.05) is 72.8 Å². The first-order valence-corrected chi connectivity index (χ1v) is 13.1. The number of para-hydroxylation sites is 3. The smallest absolute Gasteiger partial charge is 0.144 e. The molecule has 3 heteroatoms. The molecular weight excluding hydrogens is 478 g/mol. The van der Waals surface area contributed by atoms with Gasteiger partial charge in [0.1, 0.15) is 16.7 Å². The average molecular weight is 502 g/mol. The summed E-state index contributed by atoms with van der Waals surface area (Å²) in [6, 6.07) is 46.5. The molecule has 2 heterocycles. The highest BCUT2D eigenvalue weighted by Gasteiger charge is 2.18. The molecule has 8 rings (SSSR count). The van der Waals surface area contributed by atoms with Gasteiger partial charge in [0, 0.05) is 38.6 Å². The van der Waals surface area contributed by atoms with Gasteiger partial charge in [-0.2, -0.15) is 0 Å². The van der Waals surface area contributed by atoms with E-state index in [1.54, 1.807) is 6.26 Å². The number of fused-ring (bicyclic) bond motifs is 7. The number of anilines is 3. The number of nitrogens with zero attached hydrogens (tertiary/aromatic N) is 1. The normalized spacial score (nSPS) is 11.6. The maximum atomic E-state index is 6.43. The fourth-order valence-electron chi connectivity index (χ4n) is 5.76. The maximum absolute atomic E-state index is 6.43. The van der Waals surface area contributed by atoms with E-state index in [1.807, 2.05) is 30.3 Å². The van der Waals surface area contributed by atoms with Crippen molar-refractivity contribution in [2.75, 3.05) is 4.90 Å². The Balaban J connectivity index is 1.32. The molecule has 0 aliphatic carbocycles. The first kappa shape index (κ1) is 21.8. The van der Waals surface area contributed by atoms with E-state index < -0.39 is 0 Å². The van der Waals surface area contributed by atoms with Crippen LogP contribution in [-0.2, 0) is 0 Å². The number of hydrogen-bond acceptors (Lipinski definition) is 3. The van der Waals surface area contributed by atoms with Gasteiger partial charge < -0.3 is 13.7 Å². The lowest BCUT2D eigenvalue weighted by atomic mass is 9.94. The molecule has 6 aromatic carbocycles. The van der Waals surface area contributed by atoms with E-state index in [0.29, 0.717) is 0 Å². The van der Waals surface area contributed by atoms with E-state index in [1.165, 1.54) is 0 Å². The van der Waals surface area contributed by atoms with Gasteiger partial charge in [-0.3, -0.25) is 0 Å². The Morgan fingerprint density at radius 2 is 1.10 bits per heavy atom. The van der Waals surface area contributed by atoms with Crippen molar-refractivity contribution >= 4 is 60.7 Å². The fraction of sp³-hybridized carbons (Fsp3) is 0. The lowest BCUT2D eigenvalue weighted by molar-refractivity contribution is 0.616. The Morgan fingerprint density at radius 1 is 0.462 bits per heavy atom. The lowest BCUT2D eigenvalue weighted by Crippen LogP contribution is -2.09. The van der Waals surface area contributed by atoms with E-state index in [2.05, 4.69) is 108 Å². The molecule has 184 valence electrons. The van der Waals surface area contributed by atoms with Crippen LogP contribution in [0.3, 0.4) is 0 Å². The second-order valence-electron chi connectivity index (χ2n) is 9.77. The summed E-state index contributed by atoms with van der Waals surface area (Å²) in [5, 5.41) is 5.54. The van der Waals surface area contributed by atoms with Crippen molar-refractivity contribution in [3.05, 3.63) is 140 Å². The summed E-state index contributed by atoms with van der Waals surface area (Å²) in [7, 11) is 0. The Bertz CT molecular complexity index is 2060. The molecule has 2 aromatic heterocycles. The molecular formula is C36H23NO2. The van der Waals surface area contributed by atoms with Crippen LogP contribution in [0.4, 0.5) is 17.1 Å². The number of furan rings is 2. The van der Waals surface area contributed by atoms with Crippen molar-refractivity contribution in [3.63, 3.8) is 0 Å². The van der Waals surface area contributed by atoms with Crippen LogP contribution in [-0.4, -0.2) is 0 Å². The van der Waals surface area contributed by atoms with Crippen molar-refractivity contribution < 1.29 is 8.83 Å². The van der Waals surface area contributed by atoms with Crippen LogP contribution in [0.15, 0.2) is 149 Å². The summed E-state index contributed by atoms with van der Waals surface area (Å²) in [4.78, 5) is 2.27. The molecule has 39 heavy (non-hydrogen) atoms. The van der Waals surface area contributed by atoms with Crippen LogP contribution in [0, 0.1) is 0 Å². The van der Waals surface area contributed by atoms with Gasteiger partial charge in [0.15, 0.2) is 0 Å². The Kier molecular flexibility index (Phi) is 4.82. The summed E-state index contributed by atoms with van der Waals surface area (Å²) in [5.41, 5.74) is 8.22. The molecule has 0 atom stereocenters. The molecule has 0 fully saturated rings. The fourth-order valence-corrected chi connectivity index (χ4v) is 5.76. The molecule has 3 nitrogen and oxygen atoms in total. The topological polar surface area (TPSA) is 29.5 Å². The number of hydrogen-bond donors (Lipinski definition) is 0. The average Bonchev–Trinajstić information content (AvgIpc) is 3.63.